The van der Waals surface area contributed by atoms with E-state index >= 15 is 0 Å². The molecule has 0 aliphatic rings. The summed E-state index contributed by atoms with van der Waals surface area (Å²) in [5.74, 6) is -0.259. The molecule has 0 heterocycles. The number of halogens is 3. The van der Waals surface area contributed by atoms with E-state index in [1.807, 2.05) is 24.3 Å². The van der Waals surface area contributed by atoms with Gasteiger partial charge in [0.1, 0.15) is 5.82 Å². The molecule has 0 bridgehead atoms. The van der Waals surface area contributed by atoms with Crippen LogP contribution in [0.3, 0.4) is 0 Å². The Hall–Kier alpha value is -0.710. The van der Waals surface area contributed by atoms with Gasteiger partial charge >= 0.3 is 0 Å². The highest BCUT2D eigenvalue weighted by Gasteiger charge is 2.01. The predicted molar refractivity (Wildman–Crippen MR) is 76.7 cm³/mol. The molecule has 94 valence electrons. The van der Waals surface area contributed by atoms with Gasteiger partial charge in [-0.3, -0.25) is 0 Å². The summed E-state index contributed by atoms with van der Waals surface area (Å²) in [7, 11) is 0. The maximum atomic E-state index is 13.0. The van der Waals surface area contributed by atoms with E-state index in [0.717, 1.165) is 15.6 Å². The van der Waals surface area contributed by atoms with Crippen molar-refractivity contribution in [3.63, 3.8) is 0 Å². The van der Waals surface area contributed by atoms with E-state index in [1.165, 1.54) is 6.07 Å². The van der Waals surface area contributed by atoms with Crippen LogP contribution in [0, 0.1) is 5.82 Å². The van der Waals surface area contributed by atoms with E-state index < -0.39 is 0 Å². The highest BCUT2D eigenvalue weighted by molar-refractivity contribution is 9.10. The summed E-state index contributed by atoms with van der Waals surface area (Å²) in [6.07, 6.45) is 0. The molecule has 0 amide bonds. The molecule has 0 fully saturated rings. The first-order valence-electron chi connectivity index (χ1n) is 5.41. The lowest BCUT2D eigenvalue weighted by Crippen LogP contribution is -1.94. The Balaban J connectivity index is 1.90. The highest BCUT2D eigenvalue weighted by atomic mass is 79.9. The zero-order valence-corrected chi connectivity index (χ0v) is 12.7. The summed E-state index contributed by atoms with van der Waals surface area (Å²) in [6.45, 7) is 1.000. The average molecular weight is 374 g/mol. The van der Waals surface area contributed by atoms with Crippen LogP contribution in [0.25, 0.3) is 0 Å². The second-order valence-electron chi connectivity index (χ2n) is 3.87. The van der Waals surface area contributed by atoms with Crippen LogP contribution in [0.5, 0.6) is 0 Å². The van der Waals surface area contributed by atoms with Crippen LogP contribution >= 0.6 is 31.9 Å². The van der Waals surface area contributed by atoms with Crippen LogP contribution in [-0.2, 0) is 18.0 Å². The van der Waals surface area contributed by atoms with Gasteiger partial charge in [-0.2, -0.15) is 0 Å². The summed E-state index contributed by atoms with van der Waals surface area (Å²) in [6, 6.07) is 12.9. The highest BCUT2D eigenvalue weighted by Crippen LogP contribution is 2.18. The molecule has 0 N–H and O–H groups in total. The molecule has 0 saturated carbocycles. The van der Waals surface area contributed by atoms with Crippen LogP contribution in [0.2, 0.25) is 0 Å². The molecule has 0 atom stereocenters. The Morgan fingerprint density at radius 1 is 0.944 bits per heavy atom. The SMILES string of the molecule is Fc1ccc(COCc2cccc(Br)c2)cc1Br. The first-order valence-corrected chi connectivity index (χ1v) is 7.00. The van der Waals surface area contributed by atoms with E-state index in [1.54, 1.807) is 12.1 Å². The molecule has 0 radical (unpaired) electrons. The molecule has 1 nitrogen and oxygen atoms in total. The number of ether oxygens (including phenoxy) is 1. The van der Waals surface area contributed by atoms with Crippen LogP contribution in [0.1, 0.15) is 11.1 Å². The number of benzene rings is 2. The zero-order valence-electron chi connectivity index (χ0n) is 9.50. The maximum Gasteiger partial charge on any atom is 0.137 e. The summed E-state index contributed by atoms with van der Waals surface area (Å²) >= 11 is 6.57. The molecule has 0 unspecified atom stereocenters. The van der Waals surface area contributed by atoms with Crippen LogP contribution in [0.4, 0.5) is 4.39 Å². The van der Waals surface area contributed by atoms with Gasteiger partial charge in [0.05, 0.1) is 17.7 Å². The van der Waals surface area contributed by atoms with Crippen LogP contribution in [-0.4, -0.2) is 0 Å². The Morgan fingerprint density at radius 2 is 1.67 bits per heavy atom. The van der Waals surface area contributed by atoms with Crippen molar-refractivity contribution in [2.45, 2.75) is 13.2 Å². The summed E-state index contributed by atoms with van der Waals surface area (Å²) < 4.78 is 20.1. The van der Waals surface area contributed by atoms with Crippen molar-refractivity contribution in [3.05, 3.63) is 68.4 Å². The monoisotopic (exact) mass is 372 g/mol. The Morgan fingerprint density at radius 3 is 2.33 bits per heavy atom. The molecule has 18 heavy (non-hydrogen) atoms. The molecule has 2 rings (SSSR count). The number of rotatable bonds is 4. The smallest absolute Gasteiger partial charge is 0.137 e. The lowest BCUT2D eigenvalue weighted by atomic mass is 10.2. The van der Waals surface area contributed by atoms with Crippen molar-refractivity contribution in [1.29, 1.82) is 0 Å². The minimum absolute atomic E-state index is 0.259. The predicted octanol–water partition coefficient (Wildman–Crippen LogP) is 5.07. The van der Waals surface area contributed by atoms with Crippen LogP contribution in [0.15, 0.2) is 51.4 Å². The fourth-order valence-corrected chi connectivity index (χ4v) is 2.42. The van der Waals surface area contributed by atoms with Gasteiger partial charge < -0.3 is 4.74 Å². The van der Waals surface area contributed by atoms with Crippen LogP contribution < -0.4 is 0 Å². The van der Waals surface area contributed by atoms with Crippen molar-refractivity contribution >= 4 is 31.9 Å². The lowest BCUT2D eigenvalue weighted by molar-refractivity contribution is 0.107. The minimum atomic E-state index is -0.259. The van der Waals surface area contributed by atoms with Gasteiger partial charge in [0.15, 0.2) is 0 Å². The second-order valence-corrected chi connectivity index (χ2v) is 5.64. The first-order chi connectivity index (χ1) is 8.65. The first kappa shape index (κ1) is 13.7. The van der Waals surface area contributed by atoms with Crippen molar-refractivity contribution in [2.24, 2.45) is 0 Å². The molecule has 4 heteroatoms. The Kier molecular flexibility index (Phi) is 4.92. The standard InChI is InChI=1S/C14H11Br2FO/c15-12-3-1-2-10(6-12)8-18-9-11-4-5-14(17)13(16)7-11/h1-7H,8-9H2. The topological polar surface area (TPSA) is 9.23 Å². The van der Waals surface area contributed by atoms with Crippen molar-refractivity contribution in [1.82, 2.24) is 0 Å². The summed E-state index contributed by atoms with van der Waals surface area (Å²) in [5, 5.41) is 0. The largest absolute Gasteiger partial charge is 0.372 e. The Bertz CT molecular complexity index is 543. The number of hydrogen-bond donors (Lipinski definition) is 0. The van der Waals surface area contributed by atoms with Gasteiger partial charge in [0, 0.05) is 4.47 Å². The molecule has 2 aromatic carbocycles. The molecule has 0 aromatic heterocycles. The molecule has 2 aromatic rings. The third kappa shape index (κ3) is 3.90. The van der Waals surface area contributed by atoms with Crippen molar-refractivity contribution in [2.75, 3.05) is 0 Å². The zero-order chi connectivity index (χ0) is 13.0. The fraction of sp³-hybridized carbons (Fsp3) is 0.143. The number of hydrogen-bond acceptors (Lipinski definition) is 1. The molecule has 0 spiro atoms. The average Bonchev–Trinajstić information content (AvgIpc) is 2.34. The normalized spacial score (nSPS) is 10.6. The molecule has 0 aliphatic heterocycles. The third-order valence-electron chi connectivity index (χ3n) is 2.41. The van der Waals surface area contributed by atoms with E-state index in [-0.39, 0.29) is 5.82 Å². The lowest BCUT2D eigenvalue weighted by Gasteiger charge is -2.06. The van der Waals surface area contributed by atoms with E-state index in [9.17, 15) is 4.39 Å². The molecular weight excluding hydrogens is 363 g/mol. The van der Waals surface area contributed by atoms with E-state index in [0.29, 0.717) is 17.7 Å². The van der Waals surface area contributed by atoms with Gasteiger partial charge in [-0.25, -0.2) is 4.39 Å². The van der Waals surface area contributed by atoms with Crippen molar-refractivity contribution in [3.8, 4) is 0 Å². The quantitative estimate of drug-likeness (QED) is 0.727. The van der Waals surface area contributed by atoms with Gasteiger partial charge in [0.2, 0.25) is 0 Å². The maximum absolute atomic E-state index is 13.0. The summed E-state index contributed by atoms with van der Waals surface area (Å²) in [5.41, 5.74) is 2.05. The van der Waals surface area contributed by atoms with Gasteiger partial charge in [0.25, 0.3) is 0 Å². The molecular formula is C14H11Br2FO. The molecule has 0 aliphatic carbocycles. The van der Waals surface area contributed by atoms with Gasteiger partial charge in [-0.05, 0) is 51.3 Å². The minimum Gasteiger partial charge on any atom is -0.372 e. The third-order valence-corrected chi connectivity index (χ3v) is 3.51. The second kappa shape index (κ2) is 6.45. The van der Waals surface area contributed by atoms with Crippen molar-refractivity contribution < 1.29 is 9.13 Å². The summed E-state index contributed by atoms with van der Waals surface area (Å²) in [4.78, 5) is 0. The molecule has 0 saturated heterocycles. The van der Waals surface area contributed by atoms with Gasteiger partial charge in [-0.15, -0.1) is 0 Å². The van der Waals surface area contributed by atoms with E-state index in [4.69, 9.17) is 4.74 Å². The van der Waals surface area contributed by atoms with Gasteiger partial charge in [-0.1, -0.05) is 34.1 Å². The fourth-order valence-electron chi connectivity index (χ4n) is 1.54. The Labute approximate surface area is 122 Å². The van der Waals surface area contributed by atoms with E-state index in [2.05, 4.69) is 31.9 Å².